The van der Waals surface area contributed by atoms with Crippen LogP contribution in [0.5, 0.6) is 0 Å². The topological polar surface area (TPSA) is 57.5 Å². The predicted molar refractivity (Wildman–Crippen MR) is 93.3 cm³/mol. The van der Waals surface area contributed by atoms with Crippen LogP contribution in [-0.4, -0.2) is 27.7 Å². The predicted octanol–water partition coefficient (Wildman–Crippen LogP) is 3.63. The van der Waals surface area contributed by atoms with E-state index in [2.05, 4.69) is 19.9 Å². The minimum Gasteiger partial charge on any atom is -0.393 e. The van der Waals surface area contributed by atoms with Crippen LogP contribution < -0.4 is 0 Å². The Hall–Kier alpha value is -0.670. The van der Waals surface area contributed by atoms with Gasteiger partial charge in [-0.1, -0.05) is 25.5 Å². The van der Waals surface area contributed by atoms with E-state index in [-0.39, 0.29) is 22.7 Å². The van der Waals surface area contributed by atoms with Gasteiger partial charge in [0, 0.05) is 5.41 Å². The second-order valence-electron chi connectivity index (χ2n) is 9.57. The van der Waals surface area contributed by atoms with Crippen LogP contribution in [0.15, 0.2) is 11.6 Å². The van der Waals surface area contributed by atoms with Crippen molar-refractivity contribution in [3.8, 4) is 0 Å². The van der Waals surface area contributed by atoms with Crippen molar-refractivity contribution in [2.75, 3.05) is 0 Å². The van der Waals surface area contributed by atoms with Gasteiger partial charge in [0.2, 0.25) is 0 Å². The average Bonchev–Trinajstić information content (AvgIpc) is 2.81. The summed E-state index contributed by atoms with van der Waals surface area (Å²) in [6, 6.07) is 0. The Kier molecular flexibility index (Phi) is 3.61. The molecule has 0 radical (unpaired) electrons. The first-order chi connectivity index (χ1) is 11.2. The molecule has 24 heavy (non-hydrogen) atoms. The summed E-state index contributed by atoms with van der Waals surface area (Å²) in [5.41, 5.74) is 0.331. The number of allylic oxidation sites excluding steroid dienone is 1. The maximum absolute atomic E-state index is 12.2. The third kappa shape index (κ3) is 1.94. The molecule has 3 saturated carbocycles. The van der Waals surface area contributed by atoms with E-state index in [1.54, 1.807) is 6.92 Å². The minimum absolute atomic E-state index is 0.0370. The lowest BCUT2D eigenvalue weighted by Gasteiger charge is -2.58. The standard InChI is InChI=1S/C21H32O3/c1-13(22)21(24)11-8-18-16-5-4-14-12-15(23)6-9-19(14,2)17(16)7-10-20(18,21)3/h4,15-18,23-24H,5-12H2,1-3H3/t15-,16-,17-,18+,19-,20-,21-/m0/s1. The summed E-state index contributed by atoms with van der Waals surface area (Å²) < 4.78 is 0. The number of carbonyl (C=O) groups is 1. The fourth-order valence-corrected chi connectivity index (χ4v) is 7.24. The summed E-state index contributed by atoms with van der Waals surface area (Å²) in [5.74, 6) is 1.65. The second kappa shape index (κ2) is 5.17. The van der Waals surface area contributed by atoms with Gasteiger partial charge in [-0.25, -0.2) is 0 Å². The molecule has 134 valence electrons. The number of hydrogen-bond acceptors (Lipinski definition) is 3. The lowest BCUT2D eigenvalue weighted by Crippen LogP contribution is -2.56. The maximum Gasteiger partial charge on any atom is 0.161 e. The molecule has 4 aliphatic rings. The van der Waals surface area contributed by atoms with E-state index in [9.17, 15) is 15.0 Å². The molecular formula is C21H32O3. The molecule has 0 aromatic carbocycles. The fourth-order valence-electron chi connectivity index (χ4n) is 7.24. The number of carbonyl (C=O) groups excluding carboxylic acids is 1. The van der Waals surface area contributed by atoms with E-state index in [0.717, 1.165) is 44.9 Å². The van der Waals surface area contributed by atoms with Crippen molar-refractivity contribution in [2.24, 2.45) is 28.6 Å². The van der Waals surface area contributed by atoms with Crippen molar-refractivity contribution in [2.45, 2.75) is 83.8 Å². The van der Waals surface area contributed by atoms with Crippen LogP contribution in [0.3, 0.4) is 0 Å². The molecule has 4 rings (SSSR count). The molecule has 0 spiro atoms. The number of ketones is 1. The Bertz CT molecular complexity index is 596. The number of aliphatic hydroxyl groups is 2. The van der Waals surface area contributed by atoms with Crippen LogP contribution in [0.4, 0.5) is 0 Å². The van der Waals surface area contributed by atoms with Gasteiger partial charge in [-0.15, -0.1) is 0 Å². The molecule has 0 saturated heterocycles. The summed E-state index contributed by atoms with van der Waals surface area (Å²) in [4.78, 5) is 12.2. The zero-order valence-corrected chi connectivity index (χ0v) is 15.3. The zero-order chi connectivity index (χ0) is 17.3. The molecule has 0 amide bonds. The summed E-state index contributed by atoms with van der Waals surface area (Å²) in [5, 5.41) is 21.2. The van der Waals surface area contributed by atoms with Gasteiger partial charge < -0.3 is 10.2 Å². The highest BCUT2D eigenvalue weighted by Crippen LogP contribution is 2.67. The summed E-state index contributed by atoms with van der Waals surface area (Å²) in [6.07, 6.45) is 9.84. The van der Waals surface area contributed by atoms with Crippen LogP contribution >= 0.6 is 0 Å². The summed E-state index contributed by atoms with van der Waals surface area (Å²) >= 11 is 0. The lowest BCUT2D eigenvalue weighted by molar-refractivity contribution is -0.159. The van der Waals surface area contributed by atoms with Gasteiger partial charge in [-0.2, -0.15) is 0 Å². The monoisotopic (exact) mass is 332 g/mol. The van der Waals surface area contributed by atoms with E-state index < -0.39 is 5.60 Å². The third-order valence-corrected chi connectivity index (χ3v) is 8.81. The Morgan fingerprint density at radius 3 is 2.54 bits per heavy atom. The number of rotatable bonds is 1. The Morgan fingerprint density at radius 1 is 1.12 bits per heavy atom. The number of Topliss-reactive ketones (excluding diaryl/α,β-unsaturated/α-hetero) is 1. The first kappa shape index (κ1) is 16.8. The highest BCUT2D eigenvalue weighted by Gasteiger charge is 2.65. The fraction of sp³-hybridized carbons (Fsp3) is 0.857. The molecule has 0 aromatic rings. The molecule has 3 nitrogen and oxygen atoms in total. The van der Waals surface area contributed by atoms with E-state index in [0.29, 0.717) is 24.2 Å². The van der Waals surface area contributed by atoms with Crippen molar-refractivity contribution in [1.82, 2.24) is 0 Å². The minimum atomic E-state index is -1.11. The Labute approximate surface area is 145 Å². The van der Waals surface area contributed by atoms with Gasteiger partial charge in [0.25, 0.3) is 0 Å². The van der Waals surface area contributed by atoms with Gasteiger partial charge >= 0.3 is 0 Å². The smallest absolute Gasteiger partial charge is 0.161 e. The Balaban J connectivity index is 1.69. The average molecular weight is 332 g/mol. The van der Waals surface area contributed by atoms with Crippen LogP contribution in [0.1, 0.15) is 72.1 Å². The van der Waals surface area contributed by atoms with Gasteiger partial charge in [0.1, 0.15) is 5.60 Å². The van der Waals surface area contributed by atoms with Gasteiger partial charge in [-0.05, 0) is 81.5 Å². The molecule has 3 heteroatoms. The lowest BCUT2D eigenvalue weighted by atomic mass is 9.47. The molecule has 2 N–H and O–H groups in total. The summed E-state index contributed by atoms with van der Waals surface area (Å²) in [7, 11) is 0. The first-order valence-electron chi connectivity index (χ1n) is 9.83. The second-order valence-corrected chi connectivity index (χ2v) is 9.57. The molecule has 7 atom stereocenters. The SMILES string of the molecule is CC(=O)[C@@]1(O)CC[C@@H]2[C@H]3CC=C4C[C@@H](O)CC[C@]4(C)[C@H]3CC[C@@]21C. The summed E-state index contributed by atoms with van der Waals surface area (Å²) in [6.45, 7) is 6.16. The molecule has 0 unspecified atom stereocenters. The molecular weight excluding hydrogens is 300 g/mol. The van der Waals surface area contributed by atoms with Gasteiger partial charge in [0.05, 0.1) is 6.10 Å². The van der Waals surface area contributed by atoms with Crippen LogP contribution in [0, 0.1) is 28.6 Å². The molecule has 0 heterocycles. The zero-order valence-electron chi connectivity index (χ0n) is 15.3. The van der Waals surface area contributed by atoms with Gasteiger partial charge in [0.15, 0.2) is 5.78 Å². The van der Waals surface area contributed by atoms with Crippen molar-refractivity contribution < 1.29 is 15.0 Å². The van der Waals surface area contributed by atoms with Crippen molar-refractivity contribution in [3.63, 3.8) is 0 Å². The molecule has 3 fully saturated rings. The Morgan fingerprint density at radius 2 is 1.83 bits per heavy atom. The van der Waals surface area contributed by atoms with Crippen LogP contribution in [0.2, 0.25) is 0 Å². The van der Waals surface area contributed by atoms with Crippen LogP contribution in [-0.2, 0) is 4.79 Å². The van der Waals surface area contributed by atoms with Crippen LogP contribution in [0.25, 0.3) is 0 Å². The molecule has 4 aliphatic carbocycles. The van der Waals surface area contributed by atoms with Crippen molar-refractivity contribution >= 4 is 5.78 Å². The highest BCUT2D eigenvalue weighted by molar-refractivity contribution is 5.86. The first-order valence-corrected chi connectivity index (χ1v) is 9.83. The van der Waals surface area contributed by atoms with Gasteiger partial charge in [-0.3, -0.25) is 4.79 Å². The maximum atomic E-state index is 12.2. The number of hydrogen-bond donors (Lipinski definition) is 2. The third-order valence-electron chi connectivity index (χ3n) is 8.81. The highest BCUT2D eigenvalue weighted by atomic mass is 16.3. The largest absolute Gasteiger partial charge is 0.393 e. The number of aliphatic hydroxyl groups excluding tert-OH is 1. The van der Waals surface area contributed by atoms with E-state index in [1.165, 1.54) is 5.57 Å². The quantitative estimate of drug-likeness (QED) is 0.721. The van der Waals surface area contributed by atoms with E-state index in [4.69, 9.17) is 0 Å². The molecule has 0 aromatic heterocycles. The normalized spacial score (nSPS) is 53.6. The van der Waals surface area contributed by atoms with Crippen molar-refractivity contribution in [3.05, 3.63) is 11.6 Å². The van der Waals surface area contributed by atoms with E-state index >= 15 is 0 Å². The van der Waals surface area contributed by atoms with Crippen molar-refractivity contribution in [1.29, 1.82) is 0 Å². The number of fused-ring (bicyclic) bond motifs is 5. The molecule has 0 bridgehead atoms. The van der Waals surface area contributed by atoms with E-state index in [1.807, 2.05) is 0 Å². The molecule has 0 aliphatic heterocycles.